The van der Waals surface area contributed by atoms with Crippen LogP contribution < -0.4 is 16.0 Å². The Balaban J connectivity index is 1.69. The minimum atomic E-state index is -1.60. The largest absolute Gasteiger partial charge is 0.396 e. The Morgan fingerprint density at radius 2 is 1.74 bits per heavy atom. The predicted molar refractivity (Wildman–Crippen MR) is 119 cm³/mol. The summed E-state index contributed by atoms with van der Waals surface area (Å²) < 4.78 is 41.0. The molecule has 0 saturated heterocycles. The number of hydrogen-bond donors (Lipinski definition) is 4. The SMILES string of the molecule is O=C1C=C2C=CNC=C2NC(=O)C1NC(=O)[C@H](c1ccc(F)cc1)[C@@H](CO)c1ccc(F)c(F)c1. The third-order valence-electron chi connectivity index (χ3n) is 5.77. The van der Waals surface area contributed by atoms with Crippen molar-refractivity contribution in [1.82, 2.24) is 16.0 Å². The van der Waals surface area contributed by atoms with Gasteiger partial charge in [-0.2, -0.15) is 0 Å². The Labute approximate surface area is 198 Å². The molecule has 3 atom stereocenters. The highest BCUT2D eigenvalue weighted by Gasteiger charge is 2.37. The molecule has 0 aliphatic carbocycles. The summed E-state index contributed by atoms with van der Waals surface area (Å²) in [7, 11) is 0. The van der Waals surface area contributed by atoms with Crippen LogP contribution in [-0.2, 0) is 14.4 Å². The van der Waals surface area contributed by atoms with Gasteiger partial charge in [0.15, 0.2) is 23.5 Å². The second-order valence-corrected chi connectivity index (χ2v) is 7.98. The number of amides is 2. The van der Waals surface area contributed by atoms with Crippen LogP contribution in [0.2, 0.25) is 0 Å². The number of hydrogen-bond acceptors (Lipinski definition) is 5. The topological polar surface area (TPSA) is 108 Å². The number of aliphatic hydroxyl groups is 1. The van der Waals surface area contributed by atoms with Crippen molar-refractivity contribution in [2.75, 3.05) is 6.61 Å². The molecule has 1 unspecified atom stereocenters. The van der Waals surface area contributed by atoms with E-state index < -0.39 is 59.5 Å². The number of halogens is 3. The van der Waals surface area contributed by atoms with Gasteiger partial charge in [0.1, 0.15) is 5.82 Å². The van der Waals surface area contributed by atoms with E-state index in [0.29, 0.717) is 11.3 Å². The van der Waals surface area contributed by atoms with Crippen LogP contribution in [0.4, 0.5) is 13.2 Å². The highest BCUT2D eigenvalue weighted by Crippen LogP contribution is 2.34. The average molecular weight is 483 g/mol. The molecule has 0 spiro atoms. The Bertz CT molecular complexity index is 1270. The molecule has 0 radical (unpaired) electrons. The summed E-state index contributed by atoms with van der Waals surface area (Å²) in [6.07, 6.45) is 5.82. The smallest absolute Gasteiger partial charge is 0.255 e. The summed E-state index contributed by atoms with van der Waals surface area (Å²) in [4.78, 5) is 39.0. The highest BCUT2D eigenvalue weighted by molar-refractivity contribution is 6.15. The van der Waals surface area contributed by atoms with Crippen LogP contribution in [0, 0.1) is 17.5 Å². The number of fused-ring (bicyclic) bond motifs is 1. The molecule has 0 bridgehead atoms. The summed E-state index contributed by atoms with van der Waals surface area (Å²) in [5.74, 6) is -7.57. The second kappa shape index (κ2) is 9.98. The quantitative estimate of drug-likeness (QED) is 0.471. The molecule has 2 aliphatic rings. The van der Waals surface area contributed by atoms with Gasteiger partial charge in [-0.25, -0.2) is 13.2 Å². The molecule has 35 heavy (non-hydrogen) atoms. The first-order valence-corrected chi connectivity index (χ1v) is 10.6. The first-order valence-electron chi connectivity index (χ1n) is 10.6. The lowest BCUT2D eigenvalue weighted by Gasteiger charge is -2.27. The summed E-state index contributed by atoms with van der Waals surface area (Å²) in [5, 5.41) is 17.9. The van der Waals surface area contributed by atoms with Gasteiger partial charge in [0, 0.05) is 23.9 Å². The maximum absolute atomic E-state index is 13.9. The zero-order chi connectivity index (χ0) is 25.1. The molecule has 7 nitrogen and oxygen atoms in total. The maximum atomic E-state index is 13.9. The van der Waals surface area contributed by atoms with Crippen molar-refractivity contribution in [3.8, 4) is 0 Å². The van der Waals surface area contributed by atoms with E-state index in [-0.39, 0.29) is 11.1 Å². The summed E-state index contributed by atoms with van der Waals surface area (Å²) in [6.45, 7) is -0.668. The molecule has 2 aromatic rings. The third-order valence-corrected chi connectivity index (χ3v) is 5.77. The molecular formula is C25H20F3N3O4. The van der Waals surface area contributed by atoms with E-state index in [1.807, 2.05) is 0 Å². The number of dihydropyridines is 1. The van der Waals surface area contributed by atoms with Gasteiger partial charge in [0.25, 0.3) is 5.91 Å². The van der Waals surface area contributed by atoms with E-state index in [2.05, 4.69) is 16.0 Å². The Morgan fingerprint density at radius 3 is 2.43 bits per heavy atom. The first kappa shape index (κ1) is 24.0. The van der Waals surface area contributed by atoms with Gasteiger partial charge < -0.3 is 21.1 Å². The van der Waals surface area contributed by atoms with Crippen molar-refractivity contribution in [2.45, 2.75) is 17.9 Å². The zero-order valence-electron chi connectivity index (χ0n) is 18.1. The number of nitrogens with one attached hydrogen (secondary N) is 3. The summed E-state index contributed by atoms with van der Waals surface area (Å²) >= 11 is 0. The average Bonchev–Trinajstić information content (AvgIpc) is 2.95. The number of allylic oxidation sites excluding steroid dienone is 1. The molecule has 2 aromatic carbocycles. The molecule has 0 aromatic heterocycles. The van der Waals surface area contributed by atoms with E-state index in [4.69, 9.17) is 0 Å². The van der Waals surface area contributed by atoms with E-state index in [0.717, 1.165) is 24.3 Å². The third kappa shape index (κ3) is 5.02. The van der Waals surface area contributed by atoms with Crippen molar-refractivity contribution in [2.24, 2.45) is 0 Å². The van der Waals surface area contributed by atoms with E-state index in [9.17, 15) is 32.7 Å². The molecule has 4 rings (SSSR count). The molecule has 0 saturated carbocycles. The van der Waals surface area contributed by atoms with Gasteiger partial charge in [0.2, 0.25) is 5.91 Å². The lowest BCUT2D eigenvalue weighted by Crippen LogP contribution is -2.51. The van der Waals surface area contributed by atoms with Gasteiger partial charge in [-0.1, -0.05) is 18.2 Å². The minimum absolute atomic E-state index is 0.0991. The number of rotatable bonds is 6. The fourth-order valence-electron chi connectivity index (χ4n) is 4.00. The van der Waals surface area contributed by atoms with Crippen molar-refractivity contribution in [1.29, 1.82) is 0 Å². The Kier molecular flexibility index (Phi) is 6.83. The van der Waals surface area contributed by atoms with Crippen LogP contribution in [0.3, 0.4) is 0 Å². The van der Waals surface area contributed by atoms with Crippen LogP contribution in [-0.4, -0.2) is 35.4 Å². The standard InChI is InChI=1S/C25H20F3N3O4/c26-16-4-1-13(2-5-16)22(17(12-32)14-3-6-18(27)19(28)9-14)24(34)31-23-21(33)10-15-7-8-29-11-20(15)30-25(23)35/h1-11,17,22-23,29,32H,12H2,(H,30,35)(H,31,34)/t17-,22+,23?/m0/s1. The Hall–Kier alpha value is -4.18. The lowest BCUT2D eigenvalue weighted by atomic mass is 9.81. The van der Waals surface area contributed by atoms with Crippen LogP contribution in [0.1, 0.15) is 23.0 Å². The molecule has 2 heterocycles. The molecule has 4 N–H and O–H groups in total. The molecular weight excluding hydrogens is 463 g/mol. The molecule has 10 heteroatoms. The summed E-state index contributed by atoms with van der Waals surface area (Å²) in [5.41, 5.74) is 1.11. The van der Waals surface area contributed by atoms with Gasteiger partial charge in [-0.3, -0.25) is 14.4 Å². The van der Waals surface area contributed by atoms with Crippen molar-refractivity contribution in [3.63, 3.8) is 0 Å². The fraction of sp³-hybridized carbons (Fsp3) is 0.160. The van der Waals surface area contributed by atoms with Crippen LogP contribution >= 0.6 is 0 Å². The number of aliphatic hydroxyl groups excluding tert-OH is 1. The van der Waals surface area contributed by atoms with Gasteiger partial charge in [0.05, 0.1) is 18.2 Å². The van der Waals surface area contributed by atoms with Crippen molar-refractivity contribution < 1.29 is 32.7 Å². The van der Waals surface area contributed by atoms with Crippen LogP contribution in [0.5, 0.6) is 0 Å². The number of benzene rings is 2. The molecule has 2 amide bonds. The lowest BCUT2D eigenvalue weighted by molar-refractivity contribution is -0.134. The second-order valence-electron chi connectivity index (χ2n) is 7.98. The summed E-state index contributed by atoms with van der Waals surface area (Å²) in [6, 6.07) is 6.13. The Morgan fingerprint density at radius 1 is 1.03 bits per heavy atom. The molecule has 180 valence electrons. The number of carbonyl (C=O) groups excluding carboxylic acids is 3. The first-order chi connectivity index (χ1) is 16.8. The van der Waals surface area contributed by atoms with E-state index in [1.165, 1.54) is 30.5 Å². The normalized spacial score (nSPS) is 18.8. The maximum Gasteiger partial charge on any atom is 0.255 e. The monoisotopic (exact) mass is 483 g/mol. The number of ketones is 1. The van der Waals surface area contributed by atoms with Gasteiger partial charge >= 0.3 is 0 Å². The van der Waals surface area contributed by atoms with E-state index >= 15 is 0 Å². The van der Waals surface area contributed by atoms with E-state index in [1.54, 1.807) is 12.3 Å². The zero-order valence-corrected chi connectivity index (χ0v) is 18.1. The van der Waals surface area contributed by atoms with Crippen LogP contribution in [0.15, 0.2) is 78.3 Å². The van der Waals surface area contributed by atoms with Crippen LogP contribution in [0.25, 0.3) is 0 Å². The minimum Gasteiger partial charge on any atom is -0.396 e. The van der Waals surface area contributed by atoms with Gasteiger partial charge in [-0.15, -0.1) is 0 Å². The van der Waals surface area contributed by atoms with Gasteiger partial charge in [-0.05, 0) is 47.5 Å². The van der Waals surface area contributed by atoms with Crippen molar-refractivity contribution in [3.05, 3.63) is 107 Å². The molecule has 2 aliphatic heterocycles. The molecule has 0 fully saturated rings. The fourth-order valence-corrected chi connectivity index (χ4v) is 4.00. The number of carbonyl (C=O) groups is 3. The highest BCUT2D eigenvalue weighted by atomic mass is 19.2. The van der Waals surface area contributed by atoms with Crippen molar-refractivity contribution >= 4 is 17.6 Å². The predicted octanol–water partition coefficient (Wildman–Crippen LogP) is 2.03.